The number of rotatable bonds is 10. The molecule has 1 aromatic carbocycles. The maximum Gasteiger partial charge on any atom is 0.325 e. The molecule has 0 bridgehead atoms. The second kappa shape index (κ2) is 10.8. The van der Waals surface area contributed by atoms with Gasteiger partial charge in [0.25, 0.3) is 5.92 Å². The van der Waals surface area contributed by atoms with Crippen molar-refractivity contribution in [3.05, 3.63) is 58.8 Å². The molecule has 6 nitrogen and oxygen atoms in total. The average Bonchev–Trinajstić information content (AvgIpc) is 3.32. The summed E-state index contributed by atoms with van der Waals surface area (Å²) in [4.78, 5) is 18.7. The molecule has 1 unspecified atom stereocenters. The number of halogens is 2. The van der Waals surface area contributed by atoms with Crippen LogP contribution in [0.1, 0.15) is 66.4 Å². The molecule has 5 rings (SSSR count). The Hall–Kier alpha value is -2.58. The molecule has 0 spiro atoms. The third kappa shape index (κ3) is 5.39. The van der Waals surface area contributed by atoms with E-state index < -0.39 is 23.9 Å². The molecule has 4 heterocycles. The quantitative estimate of drug-likeness (QED) is 0.446. The van der Waals surface area contributed by atoms with Gasteiger partial charge in [0, 0.05) is 37.0 Å². The van der Waals surface area contributed by atoms with Gasteiger partial charge >= 0.3 is 5.97 Å². The summed E-state index contributed by atoms with van der Waals surface area (Å²) in [7, 11) is 0. The number of carboxylic acid groups (broad SMARTS) is 1. The van der Waals surface area contributed by atoms with Crippen molar-refractivity contribution in [3.8, 4) is 0 Å². The van der Waals surface area contributed by atoms with E-state index in [1.807, 2.05) is 30.3 Å². The molecule has 0 radical (unpaired) electrons. The number of carboxylic acids is 1. The highest BCUT2D eigenvalue weighted by Crippen LogP contribution is 2.41. The van der Waals surface area contributed by atoms with Gasteiger partial charge in [-0.15, -0.1) is 0 Å². The highest BCUT2D eigenvalue weighted by Gasteiger charge is 2.46. The van der Waals surface area contributed by atoms with Crippen molar-refractivity contribution in [3.63, 3.8) is 0 Å². The van der Waals surface area contributed by atoms with E-state index in [0.29, 0.717) is 51.0 Å². The molecule has 0 aliphatic carbocycles. The first-order chi connectivity index (χ1) is 17.4. The molecule has 2 aromatic rings. The van der Waals surface area contributed by atoms with Crippen LogP contribution in [0.5, 0.6) is 0 Å². The standard InChI is InChI=1S/C28H35F2N3O3/c29-28(30,13-4-3-7-22-11-10-19-6-5-14-31-26(19)32-22)21-12-15-33(16-21)25(27(34)35)24-9-2-1-8-23(24)20-17-36-18-20/h1-2,8-11,20-21,25H,3-7,12-18H2,(H,31,32)(H,34,35)/t21-,25?/m1/s1. The van der Waals surface area contributed by atoms with Gasteiger partial charge in [0.15, 0.2) is 0 Å². The molecule has 2 atom stereocenters. The molecule has 2 saturated heterocycles. The number of hydrogen-bond acceptors (Lipinski definition) is 5. The second-order valence-corrected chi connectivity index (χ2v) is 10.4. The normalized spacial score (nSPS) is 21.4. The van der Waals surface area contributed by atoms with E-state index in [0.717, 1.165) is 36.5 Å². The van der Waals surface area contributed by atoms with Crippen molar-refractivity contribution in [1.82, 2.24) is 9.88 Å². The van der Waals surface area contributed by atoms with Gasteiger partial charge in [0.1, 0.15) is 11.9 Å². The number of fused-ring (bicyclic) bond motifs is 1. The van der Waals surface area contributed by atoms with E-state index in [4.69, 9.17) is 4.74 Å². The Balaban J connectivity index is 1.16. The van der Waals surface area contributed by atoms with Crippen molar-refractivity contribution < 1.29 is 23.4 Å². The van der Waals surface area contributed by atoms with Crippen LogP contribution in [0.3, 0.4) is 0 Å². The number of alkyl halides is 2. The molecule has 2 N–H and O–H groups in total. The number of likely N-dealkylation sites (tertiary alicyclic amines) is 1. The van der Waals surface area contributed by atoms with Crippen molar-refractivity contribution in [1.29, 1.82) is 0 Å². The third-order valence-corrected chi connectivity index (χ3v) is 7.93. The van der Waals surface area contributed by atoms with Gasteiger partial charge in [-0.2, -0.15) is 0 Å². The van der Waals surface area contributed by atoms with Crippen LogP contribution in [-0.2, 0) is 22.4 Å². The number of carbonyl (C=O) groups is 1. The number of aliphatic carboxylic acids is 1. The number of anilines is 1. The smallest absolute Gasteiger partial charge is 0.325 e. The van der Waals surface area contributed by atoms with Gasteiger partial charge < -0.3 is 15.2 Å². The van der Waals surface area contributed by atoms with Gasteiger partial charge in [-0.05, 0) is 67.8 Å². The average molecular weight is 500 g/mol. The molecule has 3 aliphatic heterocycles. The predicted molar refractivity (Wildman–Crippen MR) is 134 cm³/mol. The van der Waals surface area contributed by atoms with Gasteiger partial charge in [-0.3, -0.25) is 9.69 Å². The van der Waals surface area contributed by atoms with Crippen molar-refractivity contribution in [2.45, 2.75) is 62.8 Å². The largest absolute Gasteiger partial charge is 0.480 e. The molecule has 2 fully saturated rings. The van der Waals surface area contributed by atoms with Crippen LogP contribution in [0.4, 0.5) is 14.6 Å². The number of pyridine rings is 1. The maximum absolute atomic E-state index is 15.2. The van der Waals surface area contributed by atoms with E-state index in [1.165, 1.54) is 5.56 Å². The predicted octanol–water partition coefficient (Wildman–Crippen LogP) is 5.05. The van der Waals surface area contributed by atoms with E-state index in [2.05, 4.69) is 16.4 Å². The SMILES string of the molecule is O=C(O)C(c1ccccc1C1COC1)N1CC[C@@H](C(F)(F)CCCCc2ccc3c(n2)NCCC3)C1. The van der Waals surface area contributed by atoms with Crippen LogP contribution in [-0.4, -0.2) is 59.7 Å². The first kappa shape index (κ1) is 25.1. The summed E-state index contributed by atoms with van der Waals surface area (Å²) >= 11 is 0. The zero-order valence-corrected chi connectivity index (χ0v) is 20.6. The molecular formula is C28H35F2N3O3. The highest BCUT2D eigenvalue weighted by atomic mass is 19.3. The van der Waals surface area contributed by atoms with Crippen LogP contribution < -0.4 is 5.32 Å². The Morgan fingerprint density at radius 3 is 2.83 bits per heavy atom. The fourth-order valence-corrected chi connectivity index (χ4v) is 5.78. The van der Waals surface area contributed by atoms with Gasteiger partial charge in [-0.25, -0.2) is 13.8 Å². The summed E-state index contributed by atoms with van der Waals surface area (Å²) in [5, 5.41) is 13.4. The van der Waals surface area contributed by atoms with Crippen molar-refractivity contribution in [2.75, 3.05) is 38.2 Å². The van der Waals surface area contributed by atoms with Gasteiger partial charge in [0.2, 0.25) is 0 Å². The molecule has 1 aromatic heterocycles. The minimum absolute atomic E-state index is 0.0948. The first-order valence-corrected chi connectivity index (χ1v) is 13.2. The van der Waals surface area contributed by atoms with E-state index in [9.17, 15) is 9.90 Å². The Labute approximate surface area is 211 Å². The Kier molecular flexibility index (Phi) is 7.53. The summed E-state index contributed by atoms with van der Waals surface area (Å²) in [6.07, 6.45) is 4.03. The van der Waals surface area contributed by atoms with Crippen molar-refractivity contribution >= 4 is 11.8 Å². The Morgan fingerprint density at radius 2 is 2.06 bits per heavy atom. The number of unbranched alkanes of at least 4 members (excludes halogenated alkanes) is 1. The van der Waals surface area contributed by atoms with E-state index in [-0.39, 0.29) is 18.9 Å². The fraction of sp³-hybridized carbons (Fsp3) is 0.571. The number of ether oxygens (including phenoxy) is 1. The molecular weight excluding hydrogens is 464 g/mol. The summed E-state index contributed by atoms with van der Waals surface area (Å²) < 4.78 is 35.7. The Morgan fingerprint density at radius 1 is 1.22 bits per heavy atom. The lowest BCUT2D eigenvalue weighted by Crippen LogP contribution is -2.37. The minimum Gasteiger partial charge on any atom is -0.480 e. The van der Waals surface area contributed by atoms with Crippen molar-refractivity contribution in [2.24, 2.45) is 5.92 Å². The van der Waals surface area contributed by atoms with Gasteiger partial charge in [0.05, 0.1) is 13.2 Å². The van der Waals surface area contributed by atoms with Crippen LogP contribution in [0.25, 0.3) is 0 Å². The van der Waals surface area contributed by atoms with Crippen LogP contribution >= 0.6 is 0 Å². The third-order valence-electron chi connectivity index (χ3n) is 7.93. The lowest BCUT2D eigenvalue weighted by molar-refractivity contribution is -0.143. The summed E-state index contributed by atoms with van der Waals surface area (Å²) in [5.41, 5.74) is 3.83. The fourth-order valence-electron chi connectivity index (χ4n) is 5.78. The lowest BCUT2D eigenvalue weighted by Gasteiger charge is -2.32. The van der Waals surface area contributed by atoms with E-state index in [1.54, 1.807) is 4.90 Å². The molecule has 8 heteroatoms. The zero-order chi connectivity index (χ0) is 25.1. The summed E-state index contributed by atoms with van der Waals surface area (Å²) in [5.74, 6) is -3.52. The molecule has 3 aliphatic rings. The summed E-state index contributed by atoms with van der Waals surface area (Å²) in [6.45, 7) is 2.52. The highest BCUT2D eigenvalue weighted by molar-refractivity contribution is 5.76. The number of nitrogens with one attached hydrogen (secondary N) is 1. The zero-order valence-electron chi connectivity index (χ0n) is 20.6. The molecule has 194 valence electrons. The van der Waals surface area contributed by atoms with Gasteiger partial charge in [-0.1, -0.05) is 30.3 Å². The minimum atomic E-state index is -2.82. The van der Waals surface area contributed by atoms with Crippen LogP contribution in [0.15, 0.2) is 36.4 Å². The van der Waals surface area contributed by atoms with E-state index >= 15 is 8.78 Å². The number of benzene rings is 1. The Bertz CT molecular complexity index is 1080. The molecule has 0 amide bonds. The van der Waals surface area contributed by atoms with Crippen LogP contribution in [0.2, 0.25) is 0 Å². The number of hydrogen-bond donors (Lipinski definition) is 2. The number of aryl methyl sites for hydroxylation is 2. The molecule has 0 saturated carbocycles. The lowest BCUT2D eigenvalue weighted by atomic mass is 9.89. The first-order valence-electron chi connectivity index (χ1n) is 13.2. The number of aromatic nitrogens is 1. The monoisotopic (exact) mass is 499 g/mol. The molecule has 36 heavy (non-hydrogen) atoms. The van der Waals surface area contributed by atoms with Crippen LogP contribution in [0, 0.1) is 5.92 Å². The topological polar surface area (TPSA) is 74.7 Å². The number of nitrogens with zero attached hydrogens (tertiary/aromatic N) is 2. The summed E-state index contributed by atoms with van der Waals surface area (Å²) in [6, 6.07) is 10.7. The maximum atomic E-state index is 15.2. The second-order valence-electron chi connectivity index (χ2n) is 10.4.